The van der Waals surface area contributed by atoms with Crippen molar-refractivity contribution < 1.29 is 0 Å². The first-order valence-corrected chi connectivity index (χ1v) is 8.30. The van der Waals surface area contributed by atoms with Gasteiger partial charge in [-0.25, -0.2) is 9.97 Å². The average molecular weight is 321 g/mol. The molecule has 0 spiro atoms. The van der Waals surface area contributed by atoms with Gasteiger partial charge in [0, 0.05) is 36.3 Å². The number of rotatable bonds is 5. The lowest BCUT2D eigenvalue weighted by Gasteiger charge is -2.09. The molecule has 0 aliphatic rings. The van der Waals surface area contributed by atoms with E-state index >= 15 is 0 Å². The molecular weight excluding hydrogens is 306 g/mol. The van der Waals surface area contributed by atoms with Crippen LogP contribution in [0.3, 0.4) is 0 Å². The van der Waals surface area contributed by atoms with E-state index in [-0.39, 0.29) is 11.6 Å². The number of nitrogens with zero attached hydrogens (tertiary/aromatic N) is 3. The van der Waals surface area contributed by atoms with Crippen molar-refractivity contribution in [3.05, 3.63) is 39.9 Å². The third-order valence-electron chi connectivity index (χ3n) is 3.15. The fraction of sp³-hybridized carbons (Fsp3) is 0.308. The van der Waals surface area contributed by atoms with Gasteiger partial charge in [-0.3, -0.25) is 9.20 Å². The number of nitrogens with one attached hydrogen (secondary N) is 1. The van der Waals surface area contributed by atoms with Gasteiger partial charge in [0.05, 0.1) is 5.69 Å². The number of nitrogens with two attached hydrogens (primary N) is 1. The van der Waals surface area contributed by atoms with E-state index in [0.717, 1.165) is 28.5 Å². The van der Waals surface area contributed by atoms with E-state index in [9.17, 15) is 4.79 Å². The molecule has 0 bridgehead atoms. The predicted molar refractivity (Wildman–Crippen MR) is 84.0 cm³/mol. The normalized spacial score (nSPS) is 12.9. The zero-order valence-corrected chi connectivity index (χ0v) is 13.1. The largest absolute Gasteiger partial charge is 0.327 e. The maximum absolute atomic E-state index is 11.4. The van der Waals surface area contributed by atoms with Gasteiger partial charge >= 0.3 is 0 Å². The van der Waals surface area contributed by atoms with Gasteiger partial charge in [0.25, 0.3) is 5.56 Å². The molecule has 3 rings (SSSR count). The predicted octanol–water partition coefficient (Wildman–Crippen LogP) is 1.91. The Bertz CT molecular complexity index is 806. The summed E-state index contributed by atoms with van der Waals surface area (Å²) in [6.07, 6.45) is 5.14. The summed E-state index contributed by atoms with van der Waals surface area (Å²) in [6.45, 7) is 2.07. The summed E-state index contributed by atoms with van der Waals surface area (Å²) >= 11 is 2.94. The van der Waals surface area contributed by atoms with Crippen LogP contribution in [0, 0.1) is 0 Å². The van der Waals surface area contributed by atoms with Gasteiger partial charge in [-0.1, -0.05) is 6.92 Å². The third-order valence-corrected chi connectivity index (χ3v) is 4.82. The molecule has 1 atom stereocenters. The number of fused-ring (bicyclic) bond motifs is 1. The molecule has 0 amide bonds. The highest BCUT2D eigenvalue weighted by Gasteiger charge is 2.17. The number of hydrogen-bond donors (Lipinski definition) is 2. The molecule has 110 valence electrons. The van der Waals surface area contributed by atoms with Crippen LogP contribution in [0.15, 0.2) is 38.8 Å². The van der Waals surface area contributed by atoms with Gasteiger partial charge in [0.15, 0.2) is 10.1 Å². The molecule has 0 fully saturated rings. The summed E-state index contributed by atoms with van der Waals surface area (Å²) in [5.41, 5.74) is 6.99. The van der Waals surface area contributed by atoms with Gasteiger partial charge in [0.2, 0.25) is 0 Å². The molecule has 1 unspecified atom stereocenters. The van der Waals surface area contributed by atoms with Crippen molar-refractivity contribution in [2.45, 2.75) is 36.0 Å². The molecule has 0 aliphatic heterocycles. The van der Waals surface area contributed by atoms with E-state index in [1.54, 1.807) is 11.3 Å². The SMILES string of the molecule is CCC(N)Cc1c(Sc2nccc(=O)[nH]2)nc2sccn12. The van der Waals surface area contributed by atoms with Crippen LogP contribution in [0.2, 0.25) is 0 Å². The lowest BCUT2D eigenvalue weighted by atomic mass is 10.1. The standard InChI is InChI=1S/C13H15N5OS2/c1-2-8(14)7-9-11(17-13-18(9)5-6-20-13)21-12-15-4-3-10(19)16-12/h3-6,8H,2,7,14H2,1H3,(H,15,16,19). The second kappa shape index (κ2) is 6.00. The highest BCUT2D eigenvalue weighted by Crippen LogP contribution is 2.30. The Labute approximate surface area is 129 Å². The van der Waals surface area contributed by atoms with Crippen LogP contribution in [-0.4, -0.2) is 25.4 Å². The Morgan fingerprint density at radius 2 is 2.43 bits per heavy atom. The minimum absolute atomic E-state index is 0.0898. The first-order valence-electron chi connectivity index (χ1n) is 6.60. The minimum atomic E-state index is -0.166. The van der Waals surface area contributed by atoms with Crippen molar-refractivity contribution >= 4 is 28.1 Å². The van der Waals surface area contributed by atoms with Gasteiger partial charge < -0.3 is 10.7 Å². The Balaban J connectivity index is 1.98. The van der Waals surface area contributed by atoms with Crippen LogP contribution in [0.25, 0.3) is 4.96 Å². The molecule has 0 aliphatic carbocycles. The van der Waals surface area contributed by atoms with E-state index < -0.39 is 0 Å². The molecule has 3 heterocycles. The van der Waals surface area contributed by atoms with Gasteiger partial charge in [-0.05, 0) is 18.2 Å². The fourth-order valence-corrected chi connectivity index (χ4v) is 3.64. The number of imidazole rings is 1. The zero-order chi connectivity index (χ0) is 14.8. The maximum Gasteiger partial charge on any atom is 0.251 e. The third kappa shape index (κ3) is 3.02. The molecule has 21 heavy (non-hydrogen) atoms. The second-order valence-corrected chi connectivity index (χ2v) is 6.48. The highest BCUT2D eigenvalue weighted by atomic mass is 32.2. The monoisotopic (exact) mass is 321 g/mol. The molecule has 3 aromatic rings. The number of thiazole rings is 1. The summed E-state index contributed by atoms with van der Waals surface area (Å²) in [4.78, 5) is 23.8. The Morgan fingerprint density at radius 3 is 3.19 bits per heavy atom. The lowest BCUT2D eigenvalue weighted by Crippen LogP contribution is -2.22. The molecule has 6 nitrogen and oxygen atoms in total. The highest BCUT2D eigenvalue weighted by molar-refractivity contribution is 7.99. The van der Waals surface area contributed by atoms with E-state index in [1.165, 1.54) is 24.0 Å². The van der Waals surface area contributed by atoms with Crippen molar-refractivity contribution in [3.8, 4) is 0 Å². The molecule has 0 saturated heterocycles. The maximum atomic E-state index is 11.4. The van der Waals surface area contributed by atoms with Crippen molar-refractivity contribution in [1.29, 1.82) is 0 Å². The Morgan fingerprint density at radius 1 is 1.57 bits per heavy atom. The van der Waals surface area contributed by atoms with E-state index in [1.807, 2.05) is 11.6 Å². The first-order chi connectivity index (χ1) is 10.2. The average Bonchev–Trinajstić information content (AvgIpc) is 3.02. The molecular formula is C13H15N5OS2. The van der Waals surface area contributed by atoms with Crippen molar-refractivity contribution in [2.75, 3.05) is 0 Å². The van der Waals surface area contributed by atoms with Crippen molar-refractivity contribution in [2.24, 2.45) is 5.73 Å². The van der Waals surface area contributed by atoms with Crippen LogP contribution >= 0.6 is 23.1 Å². The van der Waals surface area contributed by atoms with Crippen molar-refractivity contribution in [1.82, 2.24) is 19.4 Å². The minimum Gasteiger partial charge on any atom is -0.327 e. The second-order valence-electron chi connectivity index (χ2n) is 4.63. The fourth-order valence-electron chi connectivity index (χ4n) is 1.97. The van der Waals surface area contributed by atoms with E-state index in [2.05, 4.69) is 26.3 Å². The van der Waals surface area contributed by atoms with Crippen LogP contribution in [0.5, 0.6) is 0 Å². The molecule has 3 aromatic heterocycles. The Hall–Kier alpha value is -1.64. The van der Waals surface area contributed by atoms with Crippen LogP contribution in [-0.2, 0) is 6.42 Å². The quantitative estimate of drug-likeness (QED) is 0.701. The summed E-state index contributed by atoms with van der Waals surface area (Å²) in [5, 5.41) is 3.39. The lowest BCUT2D eigenvalue weighted by molar-refractivity contribution is 0.627. The number of H-pyrrole nitrogens is 1. The molecule has 0 saturated carbocycles. The van der Waals surface area contributed by atoms with E-state index in [4.69, 9.17) is 5.73 Å². The number of hydrogen-bond acceptors (Lipinski definition) is 6. The van der Waals surface area contributed by atoms with Gasteiger partial charge in [-0.2, -0.15) is 0 Å². The van der Waals surface area contributed by atoms with E-state index in [0.29, 0.717) is 5.16 Å². The summed E-state index contributed by atoms with van der Waals surface area (Å²) < 4.78 is 2.06. The smallest absolute Gasteiger partial charge is 0.251 e. The van der Waals surface area contributed by atoms with Crippen LogP contribution in [0.4, 0.5) is 0 Å². The van der Waals surface area contributed by atoms with Crippen molar-refractivity contribution in [3.63, 3.8) is 0 Å². The summed E-state index contributed by atoms with van der Waals surface area (Å²) in [6, 6.07) is 1.48. The zero-order valence-electron chi connectivity index (χ0n) is 11.4. The molecule has 0 radical (unpaired) electrons. The molecule has 8 heteroatoms. The van der Waals surface area contributed by atoms with Crippen LogP contribution in [0.1, 0.15) is 19.0 Å². The van der Waals surface area contributed by atoms with Crippen LogP contribution < -0.4 is 11.3 Å². The summed E-state index contributed by atoms with van der Waals surface area (Å²) in [7, 11) is 0. The Kier molecular flexibility index (Phi) is 4.09. The van der Waals surface area contributed by atoms with Gasteiger partial charge in [0.1, 0.15) is 5.03 Å². The molecule has 0 aromatic carbocycles. The topological polar surface area (TPSA) is 89.1 Å². The summed E-state index contributed by atoms with van der Waals surface area (Å²) in [5.74, 6) is 0. The van der Waals surface area contributed by atoms with Gasteiger partial charge in [-0.15, -0.1) is 11.3 Å². The first kappa shape index (κ1) is 14.3. The number of aromatic amines is 1. The molecule has 3 N–H and O–H groups in total. The number of aromatic nitrogens is 4.